The summed E-state index contributed by atoms with van der Waals surface area (Å²) >= 11 is 0. The number of likely N-dealkylation sites (N-methyl/N-ethyl adjacent to an activating group) is 1. The molecule has 19 heavy (non-hydrogen) atoms. The molecule has 2 N–H and O–H groups in total. The molecular formula is C13H27N3O3. The monoisotopic (exact) mass is 273 g/mol. The molecule has 0 aromatic rings. The van der Waals surface area contributed by atoms with Crippen molar-refractivity contribution < 1.29 is 14.3 Å². The second-order valence-electron chi connectivity index (χ2n) is 5.46. The highest BCUT2D eigenvalue weighted by molar-refractivity contribution is 5.77. The van der Waals surface area contributed by atoms with Crippen molar-refractivity contribution >= 4 is 12.0 Å². The first kappa shape index (κ1) is 17.7. The third-order valence-corrected chi connectivity index (χ3v) is 2.37. The van der Waals surface area contributed by atoms with Crippen LogP contribution in [0.25, 0.3) is 0 Å². The van der Waals surface area contributed by atoms with Crippen LogP contribution < -0.4 is 10.6 Å². The van der Waals surface area contributed by atoms with E-state index in [-0.39, 0.29) is 12.0 Å². The second-order valence-corrected chi connectivity index (χ2v) is 5.46. The summed E-state index contributed by atoms with van der Waals surface area (Å²) < 4.78 is 5.24. The number of unbranched alkanes of at least 4 members (excludes halogenated alkanes) is 1. The van der Waals surface area contributed by atoms with E-state index in [9.17, 15) is 9.59 Å². The van der Waals surface area contributed by atoms with Crippen molar-refractivity contribution in [1.29, 1.82) is 0 Å². The molecule has 0 rings (SSSR count). The Kier molecular flexibility index (Phi) is 8.14. The van der Waals surface area contributed by atoms with Gasteiger partial charge in [-0.25, -0.2) is 4.79 Å². The Morgan fingerprint density at radius 3 is 2.37 bits per heavy atom. The third kappa shape index (κ3) is 10.3. The maximum atomic E-state index is 11.6. The first-order valence-corrected chi connectivity index (χ1v) is 6.61. The van der Waals surface area contributed by atoms with Gasteiger partial charge in [0.05, 0.1) is 6.54 Å². The van der Waals surface area contributed by atoms with E-state index in [0.717, 1.165) is 19.4 Å². The van der Waals surface area contributed by atoms with Crippen LogP contribution in [-0.2, 0) is 9.53 Å². The van der Waals surface area contributed by atoms with Gasteiger partial charge >= 0.3 is 6.09 Å². The van der Waals surface area contributed by atoms with Crippen LogP contribution in [0.1, 0.15) is 33.6 Å². The predicted octanol–water partition coefficient (Wildman–Crippen LogP) is 0.969. The van der Waals surface area contributed by atoms with Gasteiger partial charge in [-0.05, 0) is 40.2 Å². The van der Waals surface area contributed by atoms with Crippen LogP contribution in [-0.4, -0.2) is 56.2 Å². The Hall–Kier alpha value is -1.30. The minimum atomic E-state index is -0.458. The van der Waals surface area contributed by atoms with Crippen LogP contribution in [0.4, 0.5) is 4.79 Å². The highest BCUT2D eigenvalue weighted by Gasteiger charge is 2.18. The fraction of sp³-hybridized carbons (Fsp3) is 0.846. The molecule has 6 heteroatoms. The normalized spacial score (nSPS) is 11.0. The molecular weight excluding hydrogens is 246 g/mol. The van der Waals surface area contributed by atoms with Crippen molar-refractivity contribution in [2.24, 2.45) is 0 Å². The maximum Gasteiger partial charge on any atom is 0.410 e. The summed E-state index contributed by atoms with van der Waals surface area (Å²) in [6.45, 7) is 7.29. The molecule has 0 bridgehead atoms. The van der Waals surface area contributed by atoms with E-state index in [1.807, 2.05) is 20.8 Å². The summed E-state index contributed by atoms with van der Waals surface area (Å²) in [5.41, 5.74) is -0.458. The standard InChI is InChI=1S/C13H27N3O3/c1-13(2,3)19-12(18)16(5)9-7-6-8-15-10-11(17)14-4/h15H,6-10H2,1-5H3,(H,14,17). The number of rotatable bonds is 7. The van der Waals surface area contributed by atoms with Gasteiger partial charge in [0.15, 0.2) is 0 Å². The van der Waals surface area contributed by atoms with Crippen LogP contribution in [0.3, 0.4) is 0 Å². The molecule has 0 aliphatic rings. The SMILES string of the molecule is CNC(=O)CNCCCCN(C)C(=O)OC(C)(C)C. The fourth-order valence-corrected chi connectivity index (χ4v) is 1.32. The molecule has 2 amide bonds. The first-order chi connectivity index (χ1) is 8.76. The van der Waals surface area contributed by atoms with E-state index in [2.05, 4.69) is 10.6 Å². The molecule has 0 heterocycles. The number of hydrogen-bond donors (Lipinski definition) is 2. The molecule has 6 nitrogen and oxygen atoms in total. The summed E-state index contributed by atoms with van der Waals surface area (Å²) in [5.74, 6) is -0.0223. The van der Waals surface area contributed by atoms with Gasteiger partial charge in [0, 0.05) is 20.6 Å². The van der Waals surface area contributed by atoms with Gasteiger partial charge in [-0.15, -0.1) is 0 Å². The molecule has 0 atom stereocenters. The lowest BCUT2D eigenvalue weighted by Crippen LogP contribution is -2.35. The highest BCUT2D eigenvalue weighted by atomic mass is 16.6. The maximum absolute atomic E-state index is 11.6. The molecule has 0 unspecified atom stereocenters. The lowest BCUT2D eigenvalue weighted by atomic mass is 10.2. The number of amides is 2. The van der Waals surface area contributed by atoms with E-state index in [4.69, 9.17) is 4.74 Å². The average Bonchev–Trinajstić information content (AvgIpc) is 2.30. The molecule has 0 aliphatic carbocycles. The number of ether oxygens (including phenoxy) is 1. The molecule has 0 fully saturated rings. The van der Waals surface area contributed by atoms with Gasteiger partial charge in [0.1, 0.15) is 5.60 Å². The predicted molar refractivity (Wildman–Crippen MR) is 75.0 cm³/mol. The smallest absolute Gasteiger partial charge is 0.410 e. The number of hydrogen-bond acceptors (Lipinski definition) is 4. The largest absolute Gasteiger partial charge is 0.444 e. The van der Waals surface area contributed by atoms with Crippen molar-refractivity contribution in [1.82, 2.24) is 15.5 Å². The van der Waals surface area contributed by atoms with Crippen molar-refractivity contribution in [3.63, 3.8) is 0 Å². The molecule has 0 aromatic carbocycles. The van der Waals surface area contributed by atoms with E-state index >= 15 is 0 Å². The lowest BCUT2D eigenvalue weighted by molar-refractivity contribution is -0.119. The van der Waals surface area contributed by atoms with Crippen molar-refractivity contribution in [3.05, 3.63) is 0 Å². The van der Waals surface area contributed by atoms with Crippen LogP contribution in [0.2, 0.25) is 0 Å². The Morgan fingerprint density at radius 1 is 1.21 bits per heavy atom. The quantitative estimate of drug-likeness (QED) is 0.678. The van der Waals surface area contributed by atoms with E-state index < -0.39 is 5.60 Å². The first-order valence-electron chi connectivity index (χ1n) is 6.61. The van der Waals surface area contributed by atoms with Crippen LogP contribution in [0.15, 0.2) is 0 Å². The summed E-state index contributed by atoms with van der Waals surface area (Å²) in [5, 5.41) is 5.57. The second kappa shape index (κ2) is 8.74. The Bertz CT molecular complexity index is 287. The zero-order valence-corrected chi connectivity index (χ0v) is 12.7. The average molecular weight is 273 g/mol. The Balaban J connectivity index is 3.61. The van der Waals surface area contributed by atoms with Gasteiger partial charge < -0.3 is 20.3 Å². The Morgan fingerprint density at radius 2 is 1.84 bits per heavy atom. The number of nitrogens with zero attached hydrogens (tertiary/aromatic N) is 1. The molecule has 0 spiro atoms. The van der Waals surface area contributed by atoms with Crippen molar-refractivity contribution in [3.8, 4) is 0 Å². The molecule has 0 radical (unpaired) electrons. The molecule has 0 aliphatic heterocycles. The molecule has 0 aromatic heterocycles. The highest BCUT2D eigenvalue weighted by Crippen LogP contribution is 2.09. The minimum absolute atomic E-state index is 0.0223. The number of carbonyl (C=O) groups is 2. The van der Waals surface area contributed by atoms with E-state index in [0.29, 0.717) is 13.1 Å². The zero-order chi connectivity index (χ0) is 14.9. The van der Waals surface area contributed by atoms with Gasteiger partial charge in [-0.1, -0.05) is 0 Å². The van der Waals surface area contributed by atoms with E-state index in [1.165, 1.54) is 0 Å². The van der Waals surface area contributed by atoms with Gasteiger partial charge in [-0.3, -0.25) is 4.79 Å². The van der Waals surface area contributed by atoms with Crippen LogP contribution in [0, 0.1) is 0 Å². The molecule has 0 saturated heterocycles. The topological polar surface area (TPSA) is 70.7 Å². The Labute approximate surface area is 115 Å². The fourth-order valence-electron chi connectivity index (χ4n) is 1.32. The third-order valence-electron chi connectivity index (χ3n) is 2.37. The van der Waals surface area contributed by atoms with E-state index in [1.54, 1.807) is 19.0 Å². The summed E-state index contributed by atoms with van der Waals surface area (Å²) in [4.78, 5) is 24.1. The lowest BCUT2D eigenvalue weighted by Gasteiger charge is -2.24. The van der Waals surface area contributed by atoms with Gasteiger partial charge in [0.25, 0.3) is 0 Å². The van der Waals surface area contributed by atoms with Crippen LogP contribution in [0.5, 0.6) is 0 Å². The van der Waals surface area contributed by atoms with Gasteiger partial charge in [-0.2, -0.15) is 0 Å². The van der Waals surface area contributed by atoms with Crippen LogP contribution >= 0.6 is 0 Å². The minimum Gasteiger partial charge on any atom is -0.444 e. The van der Waals surface area contributed by atoms with Gasteiger partial charge in [0.2, 0.25) is 5.91 Å². The summed E-state index contributed by atoms with van der Waals surface area (Å²) in [6.07, 6.45) is 1.48. The molecule has 0 saturated carbocycles. The number of carbonyl (C=O) groups excluding carboxylic acids is 2. The zero-order valence-electron chi connectivity index (χ0n) is 12.7. The summed E-state index contributed by atoms with van der Waals surface area (Å²) in [7, 11) is 3.34. The summed E-state index contributed by atoms with van der Waals surface area (Å²) in [6, 6.07) is 0. The van der Waals surface area contributed by atoms with Crippen molar-refractivity contribution in [2.45, 2.75) is 39.2 Å². The molecule has 112 valence electrons. The van der Waals surface area contributed by atoms with Crippen molar-refractivity contribution in [2.75, 3.05) is 33.7 Å². The number of nitrogens with one attached hydrogen (secondary N) is 2.